The molecule has 3 rings (SSSR count). The lowest BCUT2D eigenvalue weighted by molar-refractivity contribution is 0.414. The Balaban J connectivity index is 1.77. The van der Waals surface area contributed by atoms with Crippen molar-refractivity contribution >= 4 is 38.6 Å². The Kier molecular flexibility index (Phi) is 4.80. The third-order valence-electron chi connectivity index (χ3n) is 3.36. The van der Waals surface area contributed by atoms with Crippen molar-refractivity contribution in [1.82, 2.24) is 4.98 Å². The summed E-state index contributed by atoms with van der Waals surface area (Å²) in [5.41, 5.74) is 7.06. The Bertz CT molecular complexity index is 935. The molecule has 3 aromatic rings. The first kappa shape index (κ1) is 16.7. The summed E-state index contributed by atoms with van der Waals surface area (Å²) >= 11 is 1.36. The largest absolute Gasteiger partial charge is 0.497 e. The van der Waals surface area contributed by atoms with E-state index >= 15 is 0 Å². The molecule has 128 valence electrons. The summed E-state index contributed by atoms with van der Waals surface area (Å²) in [6, 6.07) is 12.4. The summed E-state index contributed by atoms with van der Waals surface area (Å²) in [5.74, 6) is 1.25. The minimum atomic E-state index is -0.154. The maximum Gasteiger partial charge on any atom is 0.296 e. The van der Waals surface area contributed by atoms with Crippen LogP contribution >= 0.6 is 11.3 Å². The van der Waals surface area contributed by atoms with E-state index in [1.807, 2.05) is 18.2 Å². The molecule has 0 radical (unpaired) electrons. The number of rotatable bonds is 4. The second-order valence-corrected chi connectivity index (χ2v) is 5.92. The van der Waals surface area contributed by atoms with Crippen molar-refractivity contribution in [2.24, 2.45) is 10.7 Å². The number of amidine groups is 1. The van der Waals surface area contributed by atoms with Crippen LogP contribution in [0.4, 0.5) is 5.13 Å². The van der Waals surface area contributed by atoms with E-state index in [2.05, 4.69) is 9.98 Å². The quantitative estimate of drug-likeness (QED) is 0.551. The molecule has 0 saturated heterocycles. The van der Waals surface area contributed by atoms with Crippen molar-refractivity contribution in [3.63, 3.8) is 0 Å². The van der Waals surface area contributed by atoms with Gasteiger partial charge in [0.05, 0.1) is 18.9 Å². The predicted octanol–water partition coefficient (Wildman–Crippen LogP) is 3.30. The molecule has 1 heterocycles. The number of aliphatic imine (C=N–C) groups is 1. The van der Waals surface area contributed by atoms with E-state index in [0.717, 1.165) is 4.70 Å². The lowest BCUT2D eigenvalue weighted by Gasteiger charge is -2.06. The fraction of sp³-hybridized carbons (Fsp3) is 0.118. The second kappa shape index (κ2) is 7.18. The topological polar surface area (TPSA) is 103 Å². The van der Waals surface area contributed by atoms with Crippen LogP contribution in [0.2, 0.25) is 0 Å². The Labute approximate surface area is 148 Å². The van der Waals surface area contributed by atoms with Gasteiger partial charge in [-0.15, -0.1) is 0 Å². The van der Waals surface area contributed by atoms with Gasteiger partial charge in [0.2, 0.25) is 11.0 Å². The zero-order valence-corrected chi connectivity index (χ0v) is 14.5. The molecule has 0 spiro atoms. The molecule has 0 saturated carbocycles. The molecule has 3 N–H and O–H groups in total. The highest BCUT2D eigenvalue weighted by atomic mass is 32.1. The van der Waals surface area contributed by atoms with E-state index < -0.39 is 0 Å². The monoisotopic (exact) mass is 356 g/mol. The van der Waals surface area contributed by atoms with E-state index in [9.17, 15) is 0 Å². The van der Waals surface area contributed by atoms with Crippen LogP contribution in [0.5, 0.6) is 11.5 Å². The first-order chi connectivity index (χ1) is 12.1. The van der Waals surface area contributed by atoms with Gasteiger partial charge in [0.1, 0.15) is 17.0 Å². The maximum absolute atomic E-state index is 7.96. The standard InChI is InChI=1S/C17H16N4O3S/c1-22-11-8-6-10(7-9-11)15(18)24-16(19)21-17-20-14-12(23-2)4-3-5-13(14)25-17/h3-9,18H,1-2H3,(H2,19,20,21). The van der Waals surface area contributed by atoms with Gasteiger partial charge < -0.3 is 19.9 Å². The molecule has 0 amide bonds. The molecule has 0 bridgehead atoms. The SMILES string of the molecule is COc1ccc(C(=N)OC(N)=Nc2nc3c(OC)cccc3s2)cc1. The van der Waals surface area contributed by atoms with Crippen molar-refractivity contribution in [2.45, 2.75) is 0 Å². The van der Waals surface area contributed by atoms with Crippen molar-refractivity contribution in [2.75, 3.05) is 14.2 Å². The minimum Gasteiger partial charge on any atom is -0.497 e. The fourth-order valence-electron chi connectivity index (χ4n) is 2.15. The summed E-state index contributed by atoms with van der Waals surface area (Å²) in [5, 5.41) is 8.39. The Morgan fingerprint density at radius 2 is 1.88 bits per heavy atom. The van der Waals surface area contributed by atoms with E-state index in [1.165, 1.54) is 11.3 Å². The first-order valence-electron chi connectivity index (χ1n) is 7.29. The molecule has 0 fully saturated rings. The summed E-state index contributed by atoms with van der Waals surface area (Å²) in [6.45, 7) is 0. The highest BCUT2D eigenvalue weighted by molar-refractivity contribution is 7.22. The molecular formula is C17H16N4O3S. The van der Waals surface area contributed by atoms with Crippen LogP contribution in [0, 0.1) is 5.41 Å². The Morgan fingerprint density at radius 3 is 2.56 bits per heavy atom. The van der Waals surface area contributed by atoms with Crippen molar-refractivity contribution in [1.29, 1.82) is 5.41 Å². The average molecular weight is 356 g/mol. The number of nitrogens with zero attached hydrogens (tertiary/aromatic N) is 2. The third kappa shape index (κ3) is 3.69. The molecule has 8 heteroatoms. The third-order valence-corrected chi connectivity index (χ3v) is 4.27. The number of nitrogens with two attached hydrogens (primary N) is 1. The molecule has 0 unspecified atom stereocenters. The molecule has 2 aromatic carbocycles. The zero-order valence-electron chi connectivity index (χ0n) is 13.6. The molecule has 0 aliphatic carbocycles. The van der Waals surface area contributed by atoms with E-state index in [-0.39, 0.29) is 11.9 Å². The lowest BCUT2D eigenvalue weighted by atomic mass is 10.2. The van der Waals surface area contributed by atoms with Gasteiger partial charge in [-0.05, 0) is 36.4 Å². The summed E-state index contributed by atoms with van der Waals surface area (Å²) in [4.78, 5) is 8.51. The molecule has 7 nitrogen and oxygen atoms in total. The van der Waals surface area contributed by atoms with Gasteiger partial charge in [-0.1, -0.05) is 17.4 Å². The molecule has 1 aromatic heterocycles. The fourth-order valence-corrected chi connectivity index (χ4v) is 3.01. The number of fused-ring (bicyclic) bond motifs is 1. The van der Waals surface area contributed by atoms with Gasteiger partial charge in [0, 0.05) is 5.56 Å². The summed E-state index contributed by atoms with van der Waals surface area (Å²) in [6.07, 6.45) is 0. The first-order valence-corrected chi connectivity index (χ1v) is 8.11. The van der Waals surface area contributed by atoms with Gasteiger partial charge >= 0.3 is 0 Å². The summed E-state index contributed by atoms with van der Waals surface area (Å²) in [7, 11) is 3.17. The number of aromatic nitrogens is 1. The van der Waals surface area contributed by atoms with E-state index in [4.69, 9.17) is 25.4 Å². The van der Waals surface area contributed by atoms with Crippen LogP contribution in [-0.4, -0.2) is 31.1 Å². The number of hydrogen-bond acceptors (Lipinski definition) is 7. The number of ether oxygens (including phenoxy) is 3. The average Bonchev–Trinajstić information content (AvgIpc) is 3.03. The predicted molar refractivity (Wildman–Crippen MR) is 98.4 cm³/mol. The van der Waals surface area contributed by atoms with Crippen molar-refractivity contribution < 1.29 is 14.2 Å². The number of para-hydroxylation sites is 1. The summed E-state index contributed by atoms with van der Waals surface area (Å²) < 4.78 is 16.6. The highest BCUT2D eigenvalue weighted by Crippen LogP contribution is 2.33. The van der Waals surface area contributed by atoms with Crippen molar-refractivity contribution in [3.8, 4) is 11.5 Å². The van der Waals surface area contributed by atoms with Crippen LogP contribution in [-0.2, 0) is 4.74 Å². The molecule has 25 heavy (non-hydrogen) atoms. The van der Waals surface area contributed by atoms with Gasteiger partial charge in [-0.2, -0.15) is 4.99 Å². The van der Waals surface area contributed by atoms with Crippen LogP contribution in [0.3, 0.4) is 0 Å². The Morgan fingerprint density at radius 1 is 1.12 bits per heavy atom. The number of benzene rings is 2. The highest BCUT2D eigenvalue weighted by Gasteiger charge is 2.10. The van der Waals surface area contributed by atoms with Gasteiger partial charge in [-0.3, -0.25) is 5.41 Å². The van der Waals surface area contributed by atoms with E-state index in [1.54, 1.807) is 38.5 Å². The van der Waals surface area contributed by atoms with Gasteiger partial charge in [-0.25, -0.2) is 4.98 Å². The molecule has 0 aliphatic rings. The normalized spacial score (nSPS) is 11.4. The minimum absolute atomic E-state index is 0.109. The lowest BCUT2D eigenvalue weighted by Crippen LogP contribution is -2.20. The van der Waals surface area contributed by atoms with Crippen LogP contribution in [0.15, 0.2) is 47.5 Å². The molecule has 0 atom stereocenters. The molecule has 0 aliphatic heterocycles. The Hall–Kier alpha value is -3.13. The number of nitrogens with one attached hydrogen (secondary N) is 1. The maximum atomic E-state index is 7.96. The smallest absolute Gasteiger partial charge is 0.296 e. The van der Waals surface area contributed by atoms with Crippen LogP contribution < -0.4 is 15.2 Å². The van der Waals surface area contributed by atoms with Crippen molar-refractivity contribution in [3.05, 3.63) is 48.0 Å². The number of hydrogen-bond donors (Lipinski definition) is 2. The van der Waals surface area contributed by atoms with Crippen LogP contribution in [0.25, 0.3) is 10.2 Å². The van der Waals surface area contributed by atoms with Gasteiger partial charge in [0.15, 0.2) is 0 Å². The van der Waals surface area contributed by atoms with E-state index in [0.29, 0.717) is 27.7 Å². The van der Waals surface area contributed by atoms with Gasteiger partial charge in [0.25, 0.3) is 6.02 Å². The van der Waals surface area contributed by atoms with Crippen LogP contribution in [0.1, 0.15) is 5.56 Å². The number of methoxy groups -OCH3 is 2. The number of thiazole rings is 1. The second-order valence-electron chi connectivity index (χ2n) is 4.91. The zero-order chi connectivity index (χ0) is 17.8. The molecular weight excluding hydrogens is 340 g/mol.